The first kappa shape index (κ1) is 19.1. The number of anilines is 2. The summed E-state index contributed by atoms with van der Waals surface area (Å²) in [7, 11) is 0. The van der Waals surface area contributed by atoms with Crippen molar-refractivity contribution < 1.29 is 9.59 Å². The monoisotopic (exact) mass is 442 g/mol. The number of amides is 2. The SMILES string of the molecule is O=C1C[C@H](C(=O)N(c2ncccn2)C2CCCCC2)CN1c1ccccc1Br. The van der Waals surface area contributed by atoms with E-state index < -0.39 is 0 Å². The zero-order valence-corrected chi connectivity index (χ0v) is 17.2. The van der Waals surface area contributed by atoms with Gasteiger partial charge in [0, 0.05) is 35.9 Å². The van der Waals surface area contributed by atoms with Crippen LogP contribution in [0.1, 0.15) is 38.5 Å². The maximum atomic E-state index is 13.5. The molecule has 0 spiro atoms. The highest BCUT2D eigenvalue weighted by Gasteiger charge is 2.40. The third-order valence-electron chi connectivity index (χ3n) is 5.56. The molecule has 2 fully saturated rings. The van der Waals surface area contributed by atoms with Crippen molar-refractivity contribution in [2.75, 3.05) is 16.3 Å². The second kappa shape index (κ2) is 8.39. The molecule has 0 unspecified atom stereocenters. The van der Waals surface area contributed by atoms with Gasteiger partial charge >= 0.3 is 0 Å². The van der Waals surface area contributed by atoms with E-state index in [-0.39, 0.29) is 30.2 Å². The second-order valence-corrected chi connectivity index (χ2v) is 8.26. The van der Waals surface area contributed by atoms with Gasteiger partial charge in [0.15, 0.2) is 0 Å². The van der Waals surface area contributed by atoms with Gasteiger partial charge in [-0.25, -0.2) is 9.97 Å². The molecule has 1 aromatic carbocycles. The lowest BCUT2D eigenvalue weighted by molar-refractivity contribution is -0.124. The molecule has 1 aliphatic heterocycles. The van der Waals surface area contributed by atoms with Crippen LogP contribution < -0.4 is 9.80 Å². The van der Waals surface area contributed by atoms with Crippen molar-refractivity contribution in [3.05, 3.63) is 47.2 Å². The Hall–Kier alpha value is -2.28. The lowest BCUT2D eigenvalue weighted by Crippen LogP contribution is -2.46. The van der Waals surface area contributed by atoms with Crippen LogP contribution in [0.3, 0.4) is 0 Å². The first-order valence-corrected chi connectivity index (χ1v) is 10.6. The Morgan fingerprint density at radius 3 is 2.50 bits per heavy atom. The molecule has 1 saturated heterocycles. The van der Waals surface area contributed by atoms with E-state index in [2.05, 4.69) is 25.9 Å². The van der Waals surface area contributed by atoms with Gasteiger partial charge in [0.1, 0.15) is 0 Å². The van der Waals surface area contributed by atoms with Crippen LogP contribution in [0.5, 0.6) is 0 Å². The fraction of sp³-hybridized carbons (Fsp3) is 0.429. The maximum Gasteiger partial charge on any atom is 0.235 e. The Morgan fingerprint density at radius 2 is 1.79 bits per heavy atom. The number of rotatable bonds is 4. The standard InChI is InChI=1S/C21H23BrN4O2/c22-17-9-4-5-10-18(17)25-14-15(13-19(25)27)20(28)26(16-7-2-1-3-8-16)21-23-11-6-12-24-21/h4-6,9-12,15-16H,1-3,7-8,13-14H2/t15-/m0/s1. The molecule has 7 heteroatoms. The van der Waals surface area contributed by atoms with Crippen LogP contribution in [0.4, 0.5) is 11.6 Å². The molecule has 2 aromatic rings. The summed E-state index contributed by atoms with van der Waals surface area (Å²) < 4.78 is 0.854. The van der Waals surface area contributed by atoms with Gasteiger partial charge in [-0.15, -0.1) is 0 Å². The summed E-state index contributed by atoms with van der Waals surface area (Å²) >= 11 is 3.51. The molecular weight excluding hydrogens is 420 g/mol. The predicted molar refractivity (Wildman–Crippen MR) is 111 cm³/mol. The number of hydrogen-bond acceptors (Lipinski definition) is 4. The minimum absolute atomic E-state index is 0.0252. The summed E-state index contributed by atoms with van der Waals surface area (Å²) in [6.45, 7) is 0.385. The summed E-state index contributed by atoms with van der Waals surface area (Å²) in [6, 6.07) is 9.47. The van der Waals surface area contributed by atoms with E-state index in [0.717, 1.165) is 35.8 Å². The number of benzene rings is 1. The van der Waals surface area contributed by atoms with Crippen LogP contribution in [0.25, 0.3) is 0 Å². The first-order chi connectivity index (χ1) is 13.6. The Bertz CT molecular complexity index is 854. The predicted octanol–water partition coefficient (Wildman–Crippen LogP) is 3.96. The van der Waals surface area contributed by atoms with Crippen molar-refractivity contribution in [1.29, 1.82) is 0 Å². The summed E-state index contributed by atoms with van der Waals surface area (Å²) in [5.41, 5.74) is 0.808. The maximum absolute atomic E-state index is 13.5. The molecule has 1 aliphatic carbocycles. The van der Waals surface area contributed by atoms with Crippen molar-refractivity contribution in [3.63, 3.8) is 0 Å². The summed E-state index contributed by atoms with van der Waals surface area (Å²) in [6.07, 6.45) is 8.87. The molecular formula is C21H23BrN4O2. The van der Waals surface area contributed by atoms with Gasteiger partial charge in [-0.3, -0.25) is 14.5 Å². The van der Waals surface area contributed by atoms with Gasteiger partial charge < -0.3 is 4.90 Å². The molecule has 28 heavy (non-hydrogen) atoms. The number of carbonyl (C=O) groups excluding carboxylic acids is 2. The first-order valence-electron chi connectivity index (χ1n) is 9.80. The van der Waals surface area contributed by atoms with Crippen LogP contribution in [0, 0.1) is 5.92 Å². The normalized spacial score (nSPS) is 20.4. The van der Waals surface area contributed by atoms with Gasteiger partial charge in [-0.2, -0.15) is 0 Å². The van der Waals surface area contributed by atoms with E-state index in [9.17, 15) is 9.59 Å². The Morgan fingerprint density at radius 1 is 1.07 bits per heavy atom. The van der Waals surface area contributed by atoms with E-state index in [4.69, 9.17) is 0 Å². The molecule has 146 valence electrons. The van der Waals surface area contributed by atoms with E-state index in [1.54, 1.807) is 28.3 Å². The van der Waals surface area contributed by atoms with E-state index in [0.29, 0.717) is 12.5 Å². The van der Waals surface area contributed by atoms with E-state index in [1.807, 2.05) is 24.3 Å². The quantitative estimate of drug-likeness (QED) is 0.718. The number of para-hydroxylation sites is 1. The van der Waals surface area contributed by atoms with Gasteiger partial charge in [0.25, 0.3) is 0 Å². The average Bonchev–Trinajstić information content (AvgIpc) is 3.12. The molecule has 1 aromatic heterocycles. The smallest absolute Gasteiger partial charge is 0.235 e. The second-order valence-electron chi connectivity index (χ2n) is 7.41. The third-order valence-corrected chi connectivity index (χ3v) is 6.23. The number of hydrogen-bond donors (Lipinski definition) is 0. The highest BCUT2D eigenvalue weighted by atomic mass is 79.9. The minimum Gasteiger partial charge on any atom is -0.310 e. The number of carbonyl (C=O) groups is 2. The van der Waals surface area contributed by atoms with Gasteiger partial charge in [-0.05, 0) is 47.0 Å². The fourth-order valence-corrected chi connectivity index (χ4v) is 4.67. The third kappa shape index (κ3) is 3.81. The van der Waals surface area contributed by atoms with Gasteiger partial charge in [0.05, 0.1) is 11.6 Å². The summed E-state index contributed by atoms with van der Waals surface area (Å²) in [5, 5.41) is 0. The Labute approximate surface area is 173 Å². The fourth-order valence-electron chi connectivity index (χ4n) is 4.17. The molecule has 0 bridgehead atoms. The van der Waals surface area contributed by atoms with Crippen molar-refractivity contribution in [2.24, 2.45) is 5.92 Å². The average molecular weight is 443 g/mol. The highest BCUT2D eigenvalue weighted by molar-refractivity contribution is 9.10. The lowest BCUT2D eigenvalue weighted by atomic mass is 9.93. The zero-order chi connectivity index (χ0) is 19.5. The van der Waals surface area contributed by atoms with E-state index >= 15 is 0 Å². The molecule has 2 amide bonds. The molecule has 0 radical (unpaired) electrons. The zero-order valence-electron chi connectivity index (χ0n) is 15.6. The van der Waals surface area contributed by atoms with Gasteiger partial charge in [-0.1, -0.05) is 31.4 Å². The largest absolute Gasteiger partial charge is 0.310 e. The molecule has 4 rings (SSSR count). The van der Waals surface area contributed by atoms with Crippen LogP contribution in [0.2, 0.25) is 0 Å². The number of aromatic nitrogens is 2. The lowest BCUT2D eigenvalue weighted by Gasteiger charge is -2.34. The van der Waals surface area contributed by atoms with Crippen molar-refractivity contribution in [2.45, 2.75) is 44.6 Å². The number of halogens is 1. The van der Waals surface area contributed by atoms with Crippen molar-refractivity contribution >= 4 is 39.4 Å². The van der Waals surface area contributed by atoms with Crippen LogP contribution in [-0.2, 0) is 9.59 Å². The van der Waals surface area contributed by atoms with Crippen LogP contribution in [0.15, 0.2) is 47.2 Å². The van der Waals surface area contributed by atoms with Gasteiger partial charge in [0.2, 0.25) is 17.8 Å². The van der Waals surface area contributed by atoms with Crippen LogP contribution >= 0.6 is 15.9 Å². The molecule has 2 heterocycles. The van der Waals surface area contributed by atoms with Crippen molar-refractivity contribution in [1.82, 2.24) is 9.97 Å². The minimum atomic E-state index is -0.384. The van der Waals surface area contributed by atoms with E-state index in [1.165, 1.54) is 6.42 Å². The summed E-state index contributed by atoms with van der Waals surface area (Å²) in [4.78, 5) is 38.3. The van der Waals surface area contributed by atoms with Crippen molar-refractivity contribution in [3.8, 4) is 0 Å². The molecule has 1 saturated carbocycles. The molecule has 1 atom stereocenters. The molecule has 6 nitrogen and oxygen atoms in total. The Kier molecular flexibility index (Phi) is 5.71. The Balaban J connectivity index is 1.59. The highest BCUT2D eigenvalue weighted by Crippen LogP contribution is 2.34. The summed E-state index contributed by atoms with van der Waals surface area (Å²) in [5.74, 6) is 0.000331. The number of nitrogens with zero attached hydrogens (tertiary/aromatic N) is 4. The van der Waals surface area contributed by atoms with Crippen LogP contribution in [-0.4, -0.2) is 34.4 Å². The molecule has 0 N–H and O–H groups in total. The molecule has 2 aliphatic rings. The topological polar surface area (TPSA) is 66.4 Å².